The van der Waals surface area contributed by atoms with Gasteiger partial charge >= 0.3 is 0 Å². The van der Waals surface area contributed by atoms with Crippen molar-refractivity contribution in [3.8, 4) is 16.8 Å². The number of fused-ring (bicyclic) bond motifs is 10. The molecule has 0 spiro atoms. The van der Waals surface area contributed by atoms with Gasteiger partial charge in [-0.05, 0) is 92.7 Å². The molecule has 0 amide bonds. The molecular weight excluding hydrogens is 693 g/mol. The van der Waals surface area contributed by atoms with Crippen LogP contribution in [0.15, 0.2) is 211 Å². The first-order valence-electron chi connectivity index (χ1n) is 19.5. The minimum absolute atomic E-state index is 0.861. The second kappa shape index (κ2) is 12.5. The molecule has 0 N–H and O–H groups in total. The van der Waals surface area contributed by atoms with Crippen molar-refractivity contribution < 1.29 is 4.42 Å². The first-order valence-corrected chi connectivity index (χ1v) is 19.5. The van der Waals surface area contributed by atoms with E-state index in [1.807, 2.05) is 0 Å². The van der Waals surface area contributed by atoms with Crippen molar-refractivity contribution in [1.82, 2.24) is 4.57 Å². The fraction of sp³-hybridized carbons (Fsp3) is 0. The number of furan rings is 1. The predicted molar refractivity (Wildman–Crippen MR) is 241 cm³/mol. The van der Waals surface area contributed by atoms with E-state index < -0.39 is 0 Å². The molecule has 0 atom stereocenters. The Hall–Kier alpha value is -7.62. The minimum atomic E-state index is 0.861. The van der Waals surface area contributed by atoms with Crippen molar-refractivity contribution in [2.45, 2.75) is 0 Å². The van der Waals surface area contributed by atoms with Crippen LogP contribution in [0.3, 0.4) is 0 Å². The Bertz CT molecular complexity index is 3540. The molecule has 57 heavy (non-hydrogen) atoms. The van der Waals surface area contributed by atoms with Gasteiger partial charge in [-0.1, -0.05) is 146 Å². The second-order valence-corrected chi connectivity index (χ2v) is 14.9. The van der Waals surface area contributed by atoms with Crippen molar-refractivity contribution in [3.63, 3.8) is 0 Å². The van der Waals surface area contributed by atoms with Crippen molar-refractivity contribution in [1.29, 1.82) is 0 Å². The zero-order chi connectivity index (χ0) is 37.5. The smallest absolute Gasteiger partial charge is 0.137 e. The summed E-state index contributed by atoms with van der Waals surface area (Å²) in [5.74, 6) is 0. The van der Waals surface area contributed by atoms with Gasteiger partial charge in [-0.15, -0.1) is 0 Å². The lowest BCUT2D eigenvalue weighted by Crippen LogP contribution is -2.11. The third kappa shape index (κ3) is 4.92. The molecule has 12 aromatic rings. The highest BCUT2D eigenvalue weighted by atomic mass is 16.3. The number of para-hydroxylation sites is 1. The van der Waals surface area contributed by atoms with E-state index in [4.69, 9.17) is 4.42 Å². The summed E-state index contributed by atoms with van der Waals surface area (Å²) in [6.45, 7) is 0. The topological polar surface area (TPSA) is 21.3 Å². The first-order chi connectivity index (χ1) is 28.3. The molecule has 0 saturated carbocycles. The molecule has 0 radical (unpaired) electrons. The van der Waals surface area contributed by atoms with Gasteiger partial charge in [0.1, 0.15) is 11.2 Å². The van der Waals surface area contributed by atoms with Gasteiger partial charge in [-0.3, -0.25) is 0 Å². The number of nitrogens with zero attached hydrogens (tertiary/aromatic N) is 2. The molecule has 2 heterocycles. The lowest BCUT2D eigenvalue weighted by atomic mass is 9.96. The molecule has 0 saturated heterocycles. The SMILES string of the molecule is c1ccc(-c2ccc(N(c3ccc4c(c3)oc3ccc5ccccc5c34)c3ccc4c5ccccc5n(-c5ccc6ccccc6c5)c4c3)c3ccccc23)cc1. The van der Waals surface area contributed by atoms with Crippen LogP contribution in [0.4, 0.5) is 17.1 Å². The highest BCUT2D eigenvalue weighted by molar-refractivity contribution is 6.19. The van der Waals surface area contributed by atoms with E-state index in [1.54, 1.807) is 0 Å². The summed E-state index contributed by atoms with van der Waals surface area (Å²) in [7, 11) is 0. The number of aromatic nitrogens is 1. The molecule has 0 aliphatic carbocycles. The van der Waals surface area contributed by atoms with Gasteiger partial charge in [0.2, 0.25) is 0 Å². The summed E-state index contributed by atoms with van der Waals surface area (Å²) in [6, 6.07) is 74.6. The number of hydrogen-bond acceptors (Lipinski definition) is 2. The first kappa shape index (κ1) is 31.7. The summed E-state index contributed by atoms with van der Waals surface area (Å²) in [5.41, 5.74) is 10.8. The van der Waals surface area contributed by atoms with Crippen LogP contribution < -0.4 is 4.90 Å². The highest BCUT2D eigenvalue weighted by Gasteiger charge is 2.22. The monoisotopic (exact) mass is 726 g/mol. The van der Waals surface area contributed by atoms with Crippen LogP contribution in [0, 0.1) is 0 Å². The van der Waals surface area contributed by atoms with Gasteiger partial charge in [0.05, 0.1) is 16.7 Å². The maximum Gasteiger partial charge on any atom is 0.137 e. The van der Waals surface area contributed by atoms with E-state index in [9.17, 15) is 0 Å². The van der Waals surface area contributed by atoms with Crippen molar-refractivity contribution in [2.75, 3.05) is 4.90 Å². The van der Waals surface area contributed by atoms with Crippen molar-refractivity contribution >= 4 is 93.1 Å². The van der Waals surface area contributed by atoms with Gasteiger partial charge in [0.25, 0.3) is 0 Å². The fourth-order valence-corrected chi connectivity index (χ4v) is 9.14. The quantitative estimate of drug-likeness (QED) is 0.176. The Kier molecular flexibility index (Phi) is 6.93. The molecule has 10 aromatic carbocycles. The van der Waals surface area contributed by atoms with E-state index >= 15 is 0 Å². The van der Waals surface area contributed by atoms with Crippen LogP contribution in [-0.4, -0.2) is 4.57 Å². The van der Waals surface area contributed by atoms with Gasteiger partial charge in [-0.25, -0.2) is 0 Å². The normalized spacial score (nSPS) is 11.9. The number of rotatable bonds is 5. The second-order valence-electron chi connectivity index (χ2n) is 14.9. The lowest BCUT2D eigenvalue weighted by molar-refractivity contribution is 0.669. The molecule has 2 aromatic heterocycles. The van der Waals surface area contributed by atoms with Gasteiger partial charge in [0, 0.05) is 50.1 Å². The van der Waals surface area contributed by atoms with E-state index in [-0.39, 0.29) is 0 Å². The van der Waals surface area contributed by atoms with Crippen LogP contribution in [-0.2, 0) is 0 Å². The van der Waals surface area contributed by atoms with Crippen LogP contribution in [0.5, 0.6) is 0 Å². The van der Waals surface area contributed by atoms with Gasteiger partial charge in [0.15, 0.2) is 0 Å². The molecule has 266 valence electrons. The summed E-state index contributed by atoms with van der Waals surface area (Å²) < 4.78 is 9.10. The zero-order valence-corrected chi connectivity index (χ0v) is 30.9. The standard InChI is InChI=1S/C54H34N2O/c1-2-13-36(14-3-1)42-29-30-50(45-19-9-8-18-44(42)45)55(41-26-28-48-53(34-41)57-52-31-23-37-15-6-7-17-43(37)54(48)52)40-25-27-47-46-20-10-11-21-49(46)56(51(47)33-40)39-24-22-35-12-4-5-16-38(35)32-39/h1-34H. The van der Waals surface area contributed by atoms with Crippen molar-refractivity contribution in [3.05, 3.63) is 206 Å². The summed E-state index contributed by atoms with van der Waals surface area (Å²) in [6.07, 6.45) is 0. The van der Waals surface area contributed by atoms with E-state index in [2.05, 4.69) is 216 Å². The van der Waals surface area contributed by atoms with Crippen molar-refractivity contribution in [2.24, 2.45) is 0 Å². The zero-order valence-electron chi connectivity index (χ0n) is 30.9. The largest absolute Gasteiger partial charge is 0.456 e. The lowest BCUT2D eigenvalue weighted by Gasteiger charge is -2.28. The van der Waals surface area contributed by atoms with Crippen LogP contribution in [0.2, 0.25) is 0 Å². The minimum Gasteiger partial charge on any atom is -0.456 e. The molecular formula is C54H34N2O. The van der Waals surface area contributed by atoms with E-state index in [1.165, 1.54) is 59.7 Å². The van der Waals surface area contributed by atoms with E-state index in [0.717, 1.165) is 50.2 Å². The molecule has 0 aliphatic rings. The molecule has 0 bridgehead atoms. The number of hydrogen-bond donors (Lipinski definition) is 0. The molecule has 0 aliphatic heterocycles. The Balaban J connectivity index is 1.13. The molecule has 0 fully saturated rings. The Morgan fingerprint density at radius 3 is 1.88 bits per heavy atom. The average molecular weight is 727 g/mol. The Morgan fingerprint density at radius 1 is 0.368 bits per heavy atom. The fourth-order valence-electron chi connectivity index (χ4n) is 9.14. The number of anilines is 3. The molecule has 12 rings (SSSR count). The Labute approximate surface area is 328 Å². The van der Waals surface area contributed by atoms with Crippen LogP contribution in [0.1, 0.15) is 0 Å². The predicted octanol–water partition coefficient (Wildman–Crippen LogP) is 15.3. The highest BCUT2D eigenvalue weighted by Crippen LogP contribution is 2.46. The van der Waals surface area contributed by atoms with Gasteiger partial charge < -0.3 is 13.9 Å². The maximum atomic E-state index is 6.68. The molecule has 0 unspecified atom stereocenters. The van der Waals surface area contributed by atoms with Gasteiger partial charge in [-0.2, -0.15) is 0 Å². The third-order valence-electron chi connectivity index (χ3n) is 11.7. The van der Waals surface area contributed by atoms with E-state index in [0.29, 0.717) is 0 Å². The Morgan fingerprint density at radius 2 is 1.02 bits per heavy atom. The average Bonchev–Trinajstić information content (AvgIpc) is 3.82. The molecule has 3 nitrogen and oxygen atoms in total. The van der Waals surface area contributed by atoms with Crippen LogP contribution >= 0.6 is 0 Å². The summed E-state index contributed by atoms with van der Waals surface area (Å²) in [5, 5.41) is 11.9. The summed E-state index contributed by atoms with van der Waals surface area (Å²) >= 11 is 0. The number of benzene rings is 10. The van der Waals surface area contributed by atoms with Crippen LogP contribution in [0.25, 0.3) is 92.9 Å². The summed E-state index contributed by atoms with van der Waals surface area (Å²) in [4.78, 5) is 2.41. The third-order valence-corrected chi connectivity index (χ3v) is 11.7. The molecule has 3 heteroatoms. The maximum absolute atomic E-state index is 6.68.